The van der Waals surface area contributed by atoms with Crippen LogP contribution in [0.15, 0.2) is 30.3 Å². The number of benzene rings is 1. The van der Waals surface area contributed by atoms with Gasteiger partial charge < -0.3 is 15.5 Å². The number of hydrogen-bond donors (Lipinski definition) is 2. The quantitative estimate of drug-likeness (QED) is 0.844. The molecular weight excluding hydrogens is 306 g/mol. The molecule has 1 aliphatic heterocycles. The molecule has 2 aliphatic rings. The molecule has 0 bridgehead atoms. The highest BCUT2D eigenvalue weighted by molar-refractivity contribution is 5.96. The molecule has 2 N–H and O–H groups in total. The van der Waals surface area contributed by atoms with Gasteiger partial charge in [0.1, 0.15) is 0 Å². The minimum atomic E-state index is -0.260. The maximum atomic E-state index is 12.3. The SMILES string of the molecule is O=C(NCC(=O)N1CCCC(C(=O)NC2CC2)C1)c1ccccc1. The third-order valence-electron chi connectivity index (χ3n) is 4.50. The number of nitrogens with zero attached hydrogens (tertiary/aromatic N) is 1. The normalized spacial score (nSPS) is 20.3. The van der Waals surface area contributed by atoms with Crippen LogP contribution >= 0.6 is 0 Å². The Morgan fingerprint density at radius 2 is 1.83 bits per heavy atom. The smallest absolute Gasteiger partial charge is 0.251 e. The fourth-order valence-corrected chi connectivity index (χ4v) is 2.92. The Bertz CT molecular complexity index is 613. The Hall–Kier alpha value is -2.37. The minimum Gasteiger partial charge on any atom is -0.353 e. The van der Waals surface area contributed by atoms with Gasteiger partial charge in [-0.15, -0.1) is 0 Å². The summed E-state index contributed by atoms with van der Waals surface area (Å²) < 4.78 is 0. The first kappa shape index (κ1) is 16.5. The van der Waals surface area contributed by atoms with Crippen LogP contribution in [0.4, 0.5) is 0 Å². The minimum absolute atomic E-state index is 0.0370. The molecule has 1 saturated heterocycles. The first-order chi connectivity index (χ1) is 11.6. The van der Waals surface area contributed by atoms with E-state index in [0.29, 0.717) is 24.7 Å². The maximum Gasteiger partial charge on any atom is 0.251 e. The van der Waals surface area contributed by atoms with Crippen LogP contribution in [-0.2, 0) is 9.59 Å². The third-order valence-corrected chi connectivity index (χ3v) is 4.50. The highest BCUT2D eigenvalue weighted by Crippen LogP contribution is 2.22. The summed E-state index contributed by atoms with van der Waals surface area (Å²) in [7, 11) is 0. The molecule has 1 aromatic carbocycles. The molecule has 2 fully saturated rings. The van der Waals surface area contributed by atoms with Crippen molar-refractivity contribution in [3.63, 3.8) is 0 Å². The Kier molecular flexibility index (Phi) is 5.13. The number of nitrogens with one attached hydrogen (secondary N) is 2. The second-order valence-corrected chi connectivity index (χ2v) is 6.51. The lowest BCUT2D eigenvalue weighted by atomic mass is 9.97. The van der Waals surface area contributed by atoms with Gasteiger partial charge in [-0.25, -0.2) is 0 Å². The predicted octanol–water partition coefficient (Wildman–Crippen LogP) is 0.934. The van der Waals surface area contributed by atoms with Crippen molar-refractivity contribution >= 4 is 17.7 Å². The fourth-order valence-electron chi connectivity index (χ4n) is 2.92. The van der Waals surface area contributed by atoms with E-state index in [2.05, 4.69) is 10.6 Å². The zero-order chi connectivity index (χ0) is 16.9. The van der Waals surface area contributed by atoms with Crippen molar-refractivity contribution in [1.82, 2.24) is 15.5 Å². The number of piperidine rings is 1. The number of carbonyl (C=O) groups is 3. The van der Waals surface area contributed by atoms with Gasteiger partial charge in [0.25, 0.3) is 5.91 Å². The topological polar surface area (TPSA) is 78.5 Å². The van der Waals surface area contributed by atoms with E-state index in [1.807, 2.05) is 6.07 Å². The summed E-state index contributed by atoms with van der Waals surface area (Å²) in [4.78, 5) is 38.1. The van der Waals surface area contributed by atoms with Crippen LogP contribution < -0.4 is 10.6 Å². The summed E-state index contributed by atoms with van der Waals surface area (Å²) in [6, 6.07) is 9.16. The Balaban J connectivity index is 1.47. The van der Waals surface area contributed by atoms with Gasteiger partial charge in [-0.1, -0.05) is 18.2 Å². The van der Waals surface area contributed by atoms with Gasteiger partial charge in [-0.05, 0) is 37.8 Å². The average Bonchev–Trinajstić information content (AvgIpc) is 3.44. The maximum absolute atomic E-state index is 12.3. The predicted molar refractivity (Wildman–Crippen MR) is 89.2 cm³/mol. The number of rotatable bonds is 5. The van der Waals surface area contributed by atoms with Crippen LogP contribution in [0, 0.1) is 5.92 Å². The van der Waals surface area contributed by atoms with E-state index in [1.54, 1.807) is 29.2 Å². The van der Waals surface area contributed by atoms with Crippen LogP contribution in [0.2, 0.25) is 0 Å². The van der Waals surface area contributed by atoms with Crippen LogP contribution in [0.5, 0.6) is 0 Å². The van der Waals surface area contributed by atoms with E-state index in [9.17, 15) is 14.4 Å². The molecule has 3 amide bonds. The van der Waals surface area contributed by atoms with Crippen LogP contribution in [0.1, 0.15) is 36.0 Å². The van der Waals surface area contributed by atoms with E-state index in [4.69, 9.17) is 0 Å². The zero-order valence-corrected chi connectivity index (χ0v) is 13.7. The van der Waals surface area contributed by atoms with E-state index >= 15 is 0 Å². The Labute approximate surface area is 141 Å². The lowest BCUT2D eigenvalue weighted by Crippen LogP contribution is -2.48. The second-order valence-electron chi connectivity index (χ2n) is 6.51. The number of likely N-dealkylation sites (tertiary alicyclic amines) is 1. The molecule has 0 aromatic heterocycles. The summed E-state index contributed by atoms with van der Waals surface area (Å²) in [6.07, 6.45) is 3.76. The Morgan fingerprint density at radius 1 is 1.08 bits per heavy atom. The molecule has 3 rings (SSSR count). The van der Waals surface area contributed by atoms with Crippen molar-refractivity contribution in [2.24, 2.45) is 5.92 Å². The van der Waals surface area contributed by atoms with Crippen LogP contribution in [0.3, 0.4) is 0 Å². The summed E-state index contributed by atoms with van der Waals surface area (Å²) in [5, 5.41) is 5.66. The van der Waals surface area contributed by atoms with Gasteiger partial charge >= 0.3 is 0 Å². The lowest BCUT2D eigenvalue weighted by Gasteiger charge is -2.32. The molecule has 0 radical (unpaired) electrons. The molecule has 1 saturated carbocycles. The van der Waals surface area contributed by atoms with Crippen molar-refractivity contribution in [2.75, 3.05) is 19.6 Å². The molecule has 1 unspecified atom stereocenters. The monoisotopic (exact) mass is 329 g/mol. The van der Waals surface area contributed by atoms with Crippen LogP contribution in [0.25, 0.3) is 0 Å². The molecule has 6 heteroatoms. The molecular formula is C18H23N3O3. The average molecular weight is 329 g/mol. The van der Waals surface area contributed by atoms with Crippen molar-refractivity contribution in [1.29, 1.82) is 0 Å². The number of amides is 3. The molecule has 1 atom stereocenters. The molecule has 1 aliphatic carbocycles. The number of hydrogen-bond acceptors (Lipinski definition) is 3. The number of carbonyl (C=O) groups excluding carboxylic acids is 3. The molecule has 0 spiro atoms. The second kappa shape index (κ2) is 7.47. The fraction of sp³-hybridized carbons (Fsp3) is 0.500. The summed E-state index contributed by atoms with van der Waals surface area (Å²) in [5.74, 6) is -0.469. The molecule has 24 heavy (non-hydrogen) atoms. The summed E-state index contributed by atoms with van der Waals surface area (Å²) >= 11 is 0. The summed E-state index contributed by atoms with van der Waals surface area (Å²) in [6.45, 7) is 1.05. The highest BCUT2D eigenvalue weighted by Gasteiger charge is 2.31. The van der Waals surface area contributed by atoms with Crippen molar-refractivity contribution in [3.8, 4) is 0 Å². The van der Waals surface area contributed by atoms with Gasteiger partial charge in [0, 0.05) is 24.7 Å². The van der Waals surface area contributed by atoms with Gasteiger partial charge in [0.2, 0.25) is 11.8 Å². The van der Waals surface area contributed by atoms with E-state index in [0.717, 1.165) is 25.7 Å². The standard InChI is InChI=1S/C18H23N3O3/c22-16(11-19-17(23)13-5-2-1-3-6-13)21-10-4-7-14(12-21)18(24)20-15-8-9-15/h1-3,5-6,14-15H,4,7-12H2,(H,19,23)(H,20,24). The van der Waals surface area contributed by atoms with Gasteiger partial charge in [-0.3, -0.25) is 14.4 Å². The zero-order valence-electron chi connectivity index (χ0n) is 13.7. The van der Waals surface area contributed by atoms with Crippen molar-refractivity contribution < 1.29 is 14.4 Å². The van der Waals surface area contributed by atoms with Gasteiger partial charge in [0.15, 0.2) is 0 Å². The third kappa shape index (κ3) is 4.34. The lowest BCUT2D eigenvalue weighted by molar-refractivity contribution is -0.134. The van der Waals surface area contributed by atoms with Gasteiger partial charge in [0.05, 0.1) is 12.5 Å². The largest absolute Gasteiger partial charge is 0.353 e. The van der Waals surface area contributed by atoms with Crippen molar-refractivity contribution in [2.45, 2.75) is 31.7 Å². The first-order valence-electron chi connectivity index (χ1n) is 8.55. The molecule has 6 nitrogen and oxygen atoms in total. The van der Waals surface area contributed by atoms with Crippen LogP contribution in [-0.4, -0.2) is 48.3 Å². The molecule has 1 aromatic rings. The molecule has 1 heterocycles. The van der Waals surface area contributed by atoms with Crippen molar-refractivity contribution in [3.05, 3.63) is 35.9 Å². The highest BCUT2D eigenvalue weighted by atomic mass is 16.2. The van der Waals surface area contributed by atoms with E-state index in [-0.39, 0.29) is 30.2 Å². The van der Waals surface area contributed by atoms with E-state index < -0.39 is 0 Å². The van der Waals surface area contributed by atoms with E-state index in [1.165, 1.54) is 0 Å². The molecule has 128 valence electrons. The first-order valence-corrected chi connectivity index (χ1v) is 8.55. The summed E-state index contributed by atoms with van der Waals surface area (Å²) in [5.41, 5.74) is 0.533. The van der Waals surface area contributed by atoms with Gasteiger partial charge in [-0.2, -0.15) is 0 Å². The Morgan fingerprint density at radius 3 is 2.54 bits per heavy atom.